The van der Waals surface area contributed by atoms with E-state index in [4.69, 9.17) is 4.74 Å². The third-order valence-corrected chi connectivity index (χ3v) is 5.67. The zero-order valence-electron chi connectivity index (χ0n) is 12.8. The second-order valence-corrected chi connectivity index (χ2v) is 7.13. The van der Waals surface area contributed by atoms with Crippen LogP contribution in [0.25, 0.3) is 0 Å². The van der Waals surface area contributed by atoms with Gasteiger partial charge in [0.25, 0.3) is 11.8 Å². The summed E-state index contributed by atoms with van der Waals surface area (Å²) in [5.41, 5.74) is 0.361. The zero-order chi connectivity index (χ0) is 17.0. The lowest BCUT2D eigenvalue weighted by atomic mass is 9.85. The number of ether oxygens (including phenoxy) is 1. The molecule has 7 heteroatoms. The van der Waals surface area contributed by atoms with Crippen LogP contribution in [0, 0.1) is 23.7 Å². The molecule has 1 aliphatic heterocycles. The smallest absolute Gasteiger partial charge is 0.254 e. The van der Waals surface area contributed by atoms with Crippen molar-refractivity contribution in [1.29, 1.82) is 0 Å². The van der Waals surface area contributed by atoms with Crippen molar-refractivity contribution in [2.45, 2.75) is 6.42 Å². The van der Waals surface area contributed by atoms with E-state index in [1.54, 1.807) is 12.1 Å². The first kappa shape index (κ1) is 15.4. The van der Waals surface area contributed by atoms with Crippen LogP contribution >= 0.6 is 15.9 Å². The fourth-order valence-electron chi connectivity index (χ4n) is 3.93. The summed E-state index contributed by atoms with van der Waals surface area (Å²) >= 11 is 3.23. The number of benzene rings is 1. The second kappa shape index (κ2) is 5.44. The van der Waals surface area contributed by atoms with E-state index >= 15 is 0 Å². The number of hydrazone groups is 1. The van der Waals surface area contributed by atoms with Crippen molar-refractivity contribution < 1.29 is 19.4 Å². The van der Waals surface area contributed by atoms with Crippen LogP contribution in [-0.2, 0) is 9.59 Å². The molecule has 2 amide bonds. The molecular formula is C17H15BrN2O4. The number of nitrogens with zero attached hydrogens (tertiary/aromatic N) is 2. The van der Waals surface area contributed by atoms with Gasteiger partial charge in [-0.05, 0) is 46.3 Å². The highest BCUT2D eigenvalue weighted by molar-refractivity contribution is 9.10. The SMILES string of the molecule is COc1cc(Br)c(O)c(/C=N\N2C(=O)[C@H]3[C@H](C2=O)[C@H]2C=C[C@H]3C2)c1. The molecule has 2 fully saturated rings. The standard InChI is InChI=1S/C17H15BrN2O4/c1-24-11-5-10(15(21)12(18)6-11)7-19-20-16(22)13-8-2-3-9(4-8)14(13)17(20)23/h2-3,5-9,13-14,21H,4H2,1H3/b19-7-/t8-,9-,13+,14+/m0/s1. The molecule has 1 aromatic carbocycles. The largest absolute Gasteiger partial charge is 0.506 e. The van der Waals surface area contributed by atoms with Crippen LogP contribution in [0.1, 0.15) is 12.0 Å². The van der Waals surface area contributed by atoms with Crippen LogP contribution in [0.4, 0.5) is 0 Å². The first-order chi connectivity index (χ1) is 11.5. The number of methoxy groups -OCH3 is 1. The maximum Gasteiger partial charge on any atom is 0.254 e. The number of allylic oxidation sites excluding steroid dienone is 2. The van der Waals surface area contributed by atoms with Crippen molar-refractivity contribution in [3.63, 3.8) is 0 Å². The summed E-state index contributed by atoms with van der Waals surface area (Å²) in [7, 11) is 1.51. The van der Waals surface area contributed by atoms with E-state index in [0.717, 1.165) is 11.4 Å². The van der Waals surface area contributed by atoms with Crippen LogP contribution in [0.2, 0.25) is 0 Å². The molecule has 1 heterocycles. The molecule has 0 aromatic heterocycles. The summed E-state index contributed by atoms with van der Waals surface area (Å²) in [6.45, 7) is 0. The summed E-state index contributed by atoms with van der Waals surface area (Å²) in [6, 6.07) is 3.20. The van der Waals surface area contributed by atoms with Gasteiger partial charge in [-0.3, -0.25) is 9.59 Å². The maximum atomic E-state index is 12.5. The Morgan fingerprint density at radius 1 is 1.25 bits per heavy atom. The van der Waals surface area contributed by atoms with Crippen molar-refractivity contribution in [2.24, 2.45) is 28.8 Å². The van der Waals surface area contributed by atoms with E-state index < -0.39 is 0 Å². The lowest BCUT2D eigenvalue weighted by Gasteiger charge is -2.13. The van der Waals surface area contributed by atoms with Gasteiger partial charge in [0.2, 0.25) is 0 Å². The first-order valence-corrected chi connectivity index (χ1v) is 8.47. The molecule has 0 unspecified atom stereocenters. The van der Waals surface area contributed by atoms with Gasteiger partial charge in [-0.2, -0.15) is 10.1 Å². The molecule has 24 heavy (non-hydrogen) atoms. The molecule has 1 saturated heterocycles. The average Bonchev–Trinajstić information content (AvgIpc) is 3.24. The Labute approximate surface area is 146 Å². The van der Waals surface area contributed by atoms with Gasteiger partial charge in [-0.25, -0.2) is 0 Å². The van der Waals surface area contributed by atoms with E-state index in [9.17, 15) is 14.7 Å². The minimum atomic E-state index is -0.282. The minimum Gasteiger partial charge on any atom is -0.506 e. The Hall–Kier alpha value is -2.15. The zero-order valence-corrected chi connectivity index (χ0v) is 14.4. The molecule has 3 aliphatic rings. The Morgan fingerprint density at radius 2 is 1.88 bits per heavy atom. The summed E-state index contributed by atoms with van der Waals surface area (Å²) in [4.78, 5) is 25.1. The summed E-state index contributed by atoms with van der Waals surface area (Å²) in [5, 5.41) is 15.1. The molecule has 4 rings (SSSR count). The van der Waals surface area contributed by atoms with Gasteiger partial charge in [0.15, 0.2) is 0 Å². The summed E-state index contributed by atoms with van der Waals surface area (Å²) < 4.78 is 5.59. The van der Waals surface area contributed by atoms with Gasteiger partial charge < -0.3 is 9.84 Å². The van der Waals surface area contributed by atoms with Crippen molar-refractivity contribution >= 4 is 34.0 Å². The molecule has 4 atom stereocenters. The molecule has 0 spiro atoms. The third kappa shape index (κ3) is 2.11. The fraction of sp³-hybridized carbons (Fsp3) is 0.353. The number of amides is 2. The van der Waals surface area contributed by atoms with Gasteiger partial charge in [-0.1, -0.05) is 12.2 Å². The van der Waals surface area contributed by atoms with E-state index in [-0.39, 0.29) is 41.2 Å². The molecule has 1 N–H and O–H groups in total. The highest BCUT2D eigenvalue weighted by atomic mass is 79.9. The monoisotopic (exact) mass is 390 g/mol. The normalized spacial score (nSPS) is 30.7. The van der Waals surface area contributed by atoms with Gasteiger partial charge >= 0.3 is 0 Å². The van der Waals surface area contributed by atoms with Crippen molar-refractivity contribution in [3.8, 4) is 11.5 Å². The Bertz CT molecular complexity index is 774. The predicted molar refractivity (Wildman–Crippen MR) is 89.5 cm³/mol. The van der Waals surface area contributed by atoms with Gasteiger partial charge in [-0.15, -0.1) is 0 Å². The quantitative estimate of drug-likeness (QED) is 0.487. The lowest BCUT2D eigenvalue weighted by Crippen LogP contribution is -2.28. The number of phenolic OH excluding ortho intramolecular Hbond substituents is 1. The Balaban J connectivity index is 1.63. The van der Waals surface area contributed by atoms with Crippen LogP contribution in [-0.4, -0.2) is 35.3 Å². The first-order valence-electron chi connectivity index (χ1n) is 7.68. The topological polar surface area (TPSA) is 79.2 Å². The summed E-state index contributed by atoms with van der Waals surface area (Å²) in [6.07, 6.45) is 6.27. The minimum absolute atomic E-state index is 0.0272. The predicted octanol–water partition coefficient (Wildman–Crippen LogP) is 2.30. The molecule has 124 valence electrons. The van der Waals surface area contributed by atoms with Gasteiger partial charge in [0.05, 0.1) is 29.6 Å². The Morgan fingerprint density at radius 3 is 2.46 bits per heavy atom. The molecule has 0 radical (unpaired) electrons. The number of hydrogen-bond acceptors (Lipinski definition) is 5. The van der Waals surface area contributed by atoms with E-state index in [2.05, 4.69) is 21.0 Å². The van der Waals surface area contributed by atoms with Gasteiger partial charge in [0.1, 0.15) is 11.5 Å². The second-order valence-electron chi connectivity index (χ2n) is 6.28. The molecule has 2 bridgehead atoms. The molecular weight excluding hydrogens is 376 g/mol. The number of halogens is 1. The number of fused-ring (bicyclic) bond motifs is 5. The summed E-state index contributed by atoms with van der Waals surface area (Å²) in [5.74, 6) is -0.267. The van der Waals surface area contributed by atoms with Crippen molar-refractivity contribution in [1.82, 2.24) is 5.01 Å². The van der Waals surface area contributed by atoms with Crippen LogP contribution in [0.5, 0.6) is 11.5 Å². The van der Waals surface area contributed by atoms with Crippen molar-refractivity contribution in [2.75, 3.05) is 7.11 Å². The van der Waals surface area contributed by atoms with Crippen LogP contribution < -0.4 is 4.74 Å². The van der Waals surface area contributed by atoms with E-state index in [1.807, 2.05) is 12.2 Å². The fourth-order valence-corrected chi connectivity index (χ4v) is 4.39. The number of imide groups is 1. The molecule has 1 saturated carbocycles. The lowest BCUT2D eigenvalue weighted by molar-refractivity contribution is -0.140. The number of hydrogen-bond donors (Lipinski definition) is 1. The highest BCUT2D eigenvalue weighted by Gasteiger charge is 2.59. The van der Waals surface area contributed by atoms with Crippen molar-refractivity contribution in [3.05, 3.63) is 34.3 Å². The number of phenols is 1. The number of aromatic hydroxyl groups is 1. The molecule has 6 nitrogen and oxygen atoms in total. The van der Waals surface area contributed by atoms with Gasteiger partial charge in [0, 0.05) is 5.56 Å². The van der Waals surface area contributed by atoms with Crippen LogP contribution in [0.3, 0.4) is 0 Å². The molecule has 2 aliphatic carbocycles. The number of carbonyl (C=O) groups is 2. The maximum absolute atomic E-state index is 12.5. The number of rotatable bonds is 3. The van der Waals surface area contributed by atoms with Crippen LogP contribution in [0.15, 0.2) is 33.9 Å². The highest BCUT2D eigenvalue weighted by Crippen LogP contribution is 2.52. The molecule has 1 aromatic rings. The average molecular weight is 391 g/mol. The third-order valence-electron chi connectivity index (χ3n) is 5.06. The van der Waals surface area contributed by atoms with E-state index in [1.165, 1.54) is 13.3 Å². The Kier molecular flexibility index (Phi) is 3.49. The van der Waals surface area contributed by atoms with E-state index in [0.29, 0.717) is 15.8 Å². The number of carbonyl (C=O) groups excluding carboxylic acids is 2.